The smallest absolute Gasteiger partial charge is 0.225 e. The maximum absolute atomic E-state index is 13.6. The summed E-state index contributed by atoms with van der Waals surface area (Å²) in [5.41, 5.74) is 1.43. The second-order valence-electron chi connectivity index (χ2n) is 5.28. The molecule has 0 radical (unpaired) electrons. The van der Waals surface area contributed by atoms with Gasteiger partial charge in [-0.3, -0.25) is 0 Å². The number of hydrogen-bond donors (Lipinski definition) is 1. The van der Waals surface area contributed by atoms with Crippen LogP contribution < -0.4 is 10.2 Å². The largest absolute Gasteiger partial charge is 0.360 e. The Bertz CT molecular complexity index is 852. The third-order valence-corrected chi connectivity index (χ3v) is 3.60. The topological polar surface area (TPSA) is 67.1 Å². The van der Waals surface area contributed by atoms with Crippen molar-refractivity contribution in [2.75, 3.05) is 24.3 Å². The fourth-order valence-corrected chi connectivity index (χ4v) is 2.34. The Morgan fingerprint density at radius 2 is 2.08 bits per heavy atom. The SMILES string of the molecule is CN(C)c1nc(NCc2cc(-c3ccccc3Cl)on2)ncc1F. The number of benzene rings is 1. The van der Waals surface area contributed by atoms with Crippen LogP contribution in [-0.4, -0.2) is 29.2 Å². The lowest BCUT2D eigenvalue weighted by Gasteiger charge is -2.12. The van der Waals surface area contributed by atoms with Crippen molar-refractivity contribution >= 4 is 23.4 Å². The zero-order chi connectivity index (χ0) is 17.1. The molecule has 2 heterocycles. The van der Waals surface area contributed by atoms with Crippen LogP contribution in [-0.2, 0) is 6.54 Å². The molecule has 124 valence electrons. The van der Waals surface area contributed by atoms with Crippen LogP contribution in [0.3, 0.4) is 0 Å². The number of aromatic nitrogens is 3. The molecule has 3 aromatic rings. The van der Waals surface area contributed by atoms with Gasteiger partial charge < -0.3 is 14.7 Å². The maximum Gasteiger partial charge on any atom is 0.225 e. The van der Waals surface area contributed by atoms with Crippen LogP contribution in [0.5, 0.6) is 0 Å². The molecular formula is C16H15ClFN5O. The van der Waals surface area contributed by atoms with Crippen LogP contribution in [0, 0.1) is 5.82 Å². The Labute approximate surface area is 143 Å². The predicted molar refractivity (Wildman–Crippen MR) is 90.6 cm³/mol. The average molecular weight is 348 g/mol. The third kappa shape index (κ3) is 3.46. The van der Waals surface area contributed by atoms with E-state index in [9.17, 15) is 4.39 Å². The number of nitrogens with one attached hydrogen (secondary N) is 1. The fourth-order valence-electron chi connectivity index (χ4n) is 2.11. The van der Waals surface area contributed by atoms with E-state index in [2.05, 4.69) is 20.4 Å². The van der Waals surface area contributed by atoms with E-state index in [-0.39, 0.29) is 5.82 Å². The molecule has 0 saturated heterocycles. The molecule has 0 fully saturated rings. The Balaban J connectivity index is 1.72. The molecule has 3 rings (SSSR count). The van der Waals surface area contributed by atoms with E-state index in [0.29, 0.717) is 29.0 Å². The van der Waals surface area contributed by atoms with Crippen LogP contribution in [0.15, 0.2) is 41.1 Å². The highest BCUT2D eigenvalue weighted by Crippen LogP contribution is 2.28. The van der Waals surface area contributed by atoms with Gasteiger partial charge in [0.15, 0.2) is 17.4 Å². The summed E-state index contributed by atoms with van der Waals surface area (Å²) in [6.45, 7) is 0.340. The van der Waals surface area contributed by atoms with Crippen molar-refractivity contribution in [1.82, 2.24) is 15.1 Å². The lowest BCUT2D eigenvalue weighted by Crippen LogP contribution is -2.15. The Morgan fingerprint density at radius 3 is 2.83 bits per heavy atom. The molecule has 8 heteroatoms. The van der Waals surface area contributed by atoms with Crippen LogP contribution in [0.2, 0.25) is 5.02 Å². The first kappa shape index (κ1) is 16.2. The van der Waals surface area contributed by atoms with E-state index in [1.54, 1.807) is 31.1 Å². The number of hydrogen-bond acceptors (Lipinski definition) is 6. The van der Waals surface area contributed by atoms with E-state index in [1.165, 1.54) is 0 Å². The summed E-state index contributed by atoms with van der Waals surface area (Å²) in [7, 11) is 3.42. The van der Waals surface area contributed by atoms with Crippen LogP contribution in [0.4, 0.5) is 16.2 Å². The van der Waals surface area contributed by atoms with Crippen molar-refractivity contribution in [3.63, 3.8) is 0 Å². The summed E-state index contributed by atoms with van der Waals surface area (Å²) in [4.78, 5) is 9.60. The first-order chi connectivity index (χ1) is 11.5. The van der Waals surface area contributed by atoms with Gasteiger partial charge in [0, 0.05) is 25.7 Å². The number of halogens is 2. The van der Waals surface area contributed by atoms with E-state index in [1.807, 2.05) is 18.2 Å². The Hall–Kier alpha value is -2.67. The van der Waals surface area contributed by atoms with Gasteiger partial charge in [0.1, 0.15) is 5.69 Å². The van der Waals surface area contributed by atoms with Crippen molar-refractivity contribution in [2.24, 2.45) is 0 Å². The first-order valence-corrected chi connectivity index (χ1v) is 7.56. The number of anilines is 2. The highest BCUT2D eigenvalue weighted by Gasteiger charge is 2.11. The molecule has 1 aromatic carbocycles. The molecule has 0 aliphatic heterocycles. The molecule has 0 amide bonds. The van der Waals surface area contributed by atoms with Gasteiger partial charge in [-0.05, 0) is 12.1 Å². The molecule has 0 atom stereocenters. The van der Waals surface area contributed by atoms with E-state index >= 15 is 0 Å². The molecule has 2 aromatic heterocycles. The van der Waals surface area contributed by atoms with Crippen molar-refractivity contribution < 1.29 is 8.91 Å². The van der Waals surface area contributed by atoms with E-state index < -0.39 is 5.82 Å². The molecule has 0 aliphatic carbocycles. The Morgan fingerprint density at radius 1 is 1.29 bits per heavy atom. The summed E-state index contributed by atoms with van der Waals surface area (Å²) >= 11 is 6.14. The normalized spacial score (nSPS) is 10.7. The summed E-state index contributed by atoms with van der Waals surface area (Å²) in [5, 5.41) is 7.57. The number of nitrogens with zero attached hydrogens (tertiary/aromatic N) is 4. The maximum atomic E-state index is 13.6. The van der Waals surface area contributed by atoms with Gasteiger partial charge >= 0.3 is 0 Å². The van der Waals surface area contributed by atoms with Crippen LogP contribution >= 0.6 is 11.6 Å². The predicted octanol–water partition coefficient (Wildman–Crippen LogP) is 3.60. The summed E-state index contributed by atoms with van der Waals surface area (Å²) in [5.74, 6) is 0.617. The summed E-state index contributed by atoms with van der Waals surface area (Å²) in [6.07, 6.45) is 1.13. The highest BCUT2D eigenvalue weighted by molar-refractivity contribution is 6.33. The standard InChI is InChI=1S/C16H15ClFN5O/c1-23(2)15-13(18)9-20-16(21-15)19-8-10-7-14(24-22-10)11-5-3-4-6-12(11)17/h3-7,9H,8H2,1-2H3,(H,19,20,21). The minimum Gasteiger partial charge on any atom is -0.360 e. The second-order valence-corrected chi connectivity index (χ2v) is 5.68. The molecule has 0 aliphatic rings. The highest BCUT2D eigenvalue weighted by atomic mass is 35.5. The zero-order valence-corrected chi connectivity index (χ0v) is 13.9. The van der Waals surface area contributed by atoms with Gasteiger partial charge in [0.05, 0.1) is 17.8 Å². The minimum absolute atomic E-state index is 0.212. The quantitative estimate of drug-likeness (QED) is 0.760. The van der Waals surface area contributed by atoms with Gasteiger partial charge in [0.2, 0.25) is 5.95 Å². The van der Waals surface area contributed by atoms with Crippen molar-refractivity contribution in [3.05, 3.63) is 53.1 Å². The summed E-state index contributed by atoms with van der Waals surface area (Å²) < 4.78 is 18.9. The van der Waals surface area contributed by atoms with E-state index in [4.69, 9.17) is 16.1 Å². The molecule has 0 spiro atoms. The van der Waals surface area contributed by atoms with E-state index in [0.717, 1.165) is 11.8 Å². The number of rotatable bonds is 5. The van der Waals surface area contributed by atoms with Gasteiger partial charge in [-0.25, -0.2) is 9.37 Å². The van der Waals surface area contributed by atoms with Crippen molar-refractivity contribution in [1.29, 1.82) is 0 Å². The first-order valence-electron chi connectivity index (χ1n) is 7.19. The monoisotopic (exact) mass is 347 g/mol. The lowest BCUT2D eigenvalue weighted by molar-refractivity contribution is 0.424. The van der Waals surface area contributed by atoms with Gasteiger partial charge in [-0.1, -0.05) is 28.9 Å². The average Bonchev–Trinajstić information content (AvgIpc) is 3.03. The molecular weight excluding hydrogens is 333 g/mol. The molecule has 24 heavy (non-hydrogen) atoms. The molecule has 6 nitrogen and oxygen atoms in total. The Kier molecular flexibility index (Phi) is 4.61. The molecule has 0 unspecified atom stereocenters. The van der Waals surface area contributed by atoms with Crippen molar-refractivity contribution in [2.45, 2.75) is 6.54 Å². The van der Waals surface area contributed by atoms with Crippen molar-refractivity contribution in [3.8, 4) is 11.3 Å². The van der Waals surface area contributed by atoms with Crippen LogP contribution in [0.25, 0.3) is 11.3 Å². The minimum atomic E-state index is -0.479. The van der Waals surface area contributed by atoms with Crippen LogP contribution in [0.1, 0.15) is 5.69 Å². The van der Waals surface area contributed by atoms with Gasteiger partial charge in [-0.2, -0.15) is 4.98 Å². The summed E-state index contributed by atoms with van der Waals surface area (Å²) in [6, 6.07) is 9.14. The second kappa shape index (κ2) is 6.84. The van der Waals surface area contributed by atoms with Gasteiger partial charge in [0.25, 0.3) is 0 Å². The van der Waals surface area contributed by atoms with Gasteiger partial charge in [-0.15, -0.1) is 0 Å². The lowest BCUT2D eigenvalue weighted by atomic mass is 10.1. The molecule has 1 N–H and O–H groups in total. The third-order valence-electron chi connectivity index (χ3n) is 3.28. The molecule has 0 bridgehead atoms. The fraction of sp³-hybridized carbons (Fsp3) is 0.188. The molecule has 0 saturated carbocycles. The zero-order valence-electron chi connectivity index (χ0n) is 13.1.